The first-order valence-corrected chi connectivity index (χ1v) is 18.8. The number of rotatable bonds is 32. The van der Waals surface area contributed by atoms with Crippen LogP contribution in [0.3, 0.4) is 0 Å². The Morgan fingerprint density at radius 2 is 1.08 bits per heavy atom. The molecular weight excluding hydrogens is 618 g/mol. The van der Waals surface area contributed by atoms with E-state index in [0.717, 1.165) is 77.0 Å². The van der Waals surface area contributed by atoms with E-state index in [4.69, 9.17) is 14.2 Å². The third-order valence-electron chi connectivity index (χ3n) is 7.91. The molecule has 2 atom stereocenters. The van der Waals surface area contributed by atoms with Gasteiger partial charge in [0.05, 0.1) is 34.4 Å². The summed E-state index contributed by atoms with van der Waals surface area (Å²) in [6.07, 6.45) is 37.1. The molecule has 0 heterocycles. The van der Waals surface area contributed by atoms with Crippen molar-refractivity contribution in [3.63, 3.8) is 0 Å². The molecule has 0 aliphatic rings. The van der Waals surface area contributed by atoms with Gasteiger partial charge >= 0.3 is 17.9 Å². The summed E-state index contributed by atoms with van der Waals surface area (Å²) in [7, 11) is 5.49. The van der Waals surface area contributed by atoms with Crippen LogP contribution in [0.5, 0.6) is 0 Å². The standard InChI is InChI=1S/C41H69NO7/c1-6-8-10-12-14-16-17-18-19-20-21-22-24-25-27-29-31-39(43)48-36-37(35-47-34-33-38(41(45)46)42(3,4)5)49-40(44)32-30-28-26-23-15-13-11-9-7-2/h8-11,14-16,18-19,23,37-38H,6-7,12-13,17,20-22,24-36H2,1-5H3/p+1/b10-8+,11-9+,16-14+,19-18+,23-15+. The number of hydrogen-bond donors (Lipinski definition) is 1. The highest BCUT2D eigenvalue weighted by Crippen LogP contribution is 2.12. The van der Waals surface area contributed by atoms with Crippen LogP contribution in [-0.2, 0) is 28.6 Å². The van der Waals surface area contributed by atoms with E-state index in [9.17, 15) is 19.5 Å². The SMILES string of the molecule is CC/C=C/C/C=C/C/C=C/CCCCCCCCC(=O)OCC(COCCC(C(=O)O)[N+](C)(C)C)OC(=O)CCCC/C=C/C/C=C/CC. The predicted molar refractivity (Wildman–Crippen MR) is 201 cm³/mol. The smallest absolute Gasteiger partial charge is 0.362 e. The van der Waals surface area contributed by atoms with E-state index in [1.807, 2.05) is 21.1 Å². The van der Waals surface area contributed by atoms with Gasteiger partial charge in [-0.15, -0.1) is 0 Å². The summed E-state index contributed by atoms with van der Waals surface area (Å²) in [5.74, 6) is -1.54. The van der Waals surface area contributed by atoms with Crippen LogP contribution in [0.1, 0.15) is 129 Å². The van der Waals surface area contributed by atoms with Crippen molar-refractivity contribution >= 4 is 17.9 Å². The third-order valence-corrected chi connectivity index (χ3v) is 7.91. The second-order valence-corrected chi connectivity index (χ2v) is 13.4. The van der Waals surface area contributed by atoms with Crippen molar-refractivity contribution in [3.05, 3.63) is 60.8 Å². The van der Waals surface area contributed by atoms with Gasteiger partial charge in [-0.05, 0) is 70.6 Å². The van der Waals surface area contributed by atoms with Crippen LogP contribution in [0.25, 0.3) is 0 Å². The molecule has 0 radical (unpaired) electrons. The minimum absolute atomic E-state index is 0.0407. The van der Waals surface area contributed by atoms with E-state index in [0.29, 0.717) is 19.3 Å². The maximum absolute atomic E-state index is 12.6. The van der Waals surface area contributed by atoms with Crippen LogP contribution >= 0.6 is 0 Å². The zero-order valence-corrected chi connectivity index (χ0v) is 31.6. The van der Waals surface area contributed by atoms with Crippen molar-refractivity contribution < 1.29 is 38.2 Å². The molecule has 0 spiro atoms. The molecule has 49 heavy (non-hydrogen) atoms. The second kappa shape index (κ2) is 32.2. The van der Waals surface area contributed by atoms with Crippen LogP contribution in [0.2, 0.25) is 0 Å². The molecule has 0 aliphatic heterocycles. The Morgan fingerprint density at radius 3 is 1.63 bits per heavy atom. The van der Waals surface area contributed by atoms with Gasteiger partial charge in [0.1, 0.15) is 6.61 Å². The van der Waals surface area contributed by atoms with Crippen LogP contribution in [0.4, 0.5) is 0 Å². The highest BCUT2D eigenvalue weighted by atomic mass is 16.6. The normalized spacial score (nSPS) is 13.7. The molecule has 0 aliphatic carbocycles. The van der Waals surface area contributed by atoms with Crippen molar-refractivity contribution in [2.45, 2.75) is 142 Å². The molecule has 280 valence electrons. The predicted octanol–water partition coefficient (Wildman–Crippen LogP) is 9.46. The number of carbonyl (C=O) groups is 3. The first kappa shape index (κ1) is 46.0. The van der Waals surface area contributed by atoms with Crippen molar-refractivity contribution in [2.24, 2.45) is 0 Å². The largest absolute Gasteiger partial charge is 0.477 e. The van der Waals surface area contributed by atoms with Gasteiger partial charge < -0.3 is 23.8 Å². The number of ether oxygens (including phenoxy) is 3. The molecule has 1 N–H and O–H groups in total. The van der Waals surface area contributed by atoms with Crippen molar-refractivity contribution in [1.82, 2.24) is 0 Å². The molecule has 2 unspecified atom stereocenters. The van der Waals surface area contributed by atoms with E-state index in [1.165, 1.54) is 12.8 Å². The quantitative estimate of drug-likeness (QED) is 0.0325. The van der Waals surface area contributed by atoms with Crippen molar-refractivity contribution in [1.29, 1.82) is 0 Å². The summed E-state index contributed by atoms with van der Waals surface area (Å²) >= 11 is 0. The Labute approximate surface area is 298 Å². The summed E-state index contributed by atoms with van der Waals surface area (Å²) in [5.41, 5.74) is 0. The van der Waals surface area contributed by atoms with Crippen molar-refractivity contribution in [3.8, 4) is 0 Å². The first-order valence-electron chi connectivity index (χ1n) is 18.8. The average Bonchev–Trinajstić information content (AvgIpc) is 3.05. The fraction of sp³-hybridized carbons (Fsp3) is 0.683. The Kier molecular flexibility index (Phi) is 30.3. The topological polar surface area (TPSA) is 99.1 Å². The van der Waals surface area contributed by atoms with Gasteiger partial charge in [-0.25, -0.2) is 4.79 Å². The third kappa shape index (κ3) is 30.8. The van der Waals surface area contributed by atoms with Crippen LogP contribution in [0, 0.1) is 0 Å². The summed E-state index contributed by atoms with van der Waals surface area (Å²) in [6, 6.07) is -0.622. The van der Waals surface area contributed by atoms with E-state index in [1.54, 1.807) is 0 Å². The Morgan fingerprint density at radius 1 is 0.612 bits per heavy atom. The first-order chi connectivity index (χ1) is 23.6. The summed E-state index contributed by atoms with van der Waals surface area (Å²) in [5, 5.41) is 9.57. The number of carbonyl (C=O) groups excluding carboxylic acids is 2. The molecule has 0 fully saturated rings. The summed E-state index contributed by atoms with van der Waals surface area (Å²) in [4.78, 5) is 36.7. The molecule has 0 bridgehead atoms. The van der Waals surface area contributed by atoms with Gasteiger partial charge in [-0.2, -0.15) is 0 Å². The fourth-order valence-electron chi connectivity index (χ4n) is 5.02. The zero-order valence-electron chi connectivity index (χ0n) is 31.6. The fourth-order valence-corrected chi connectivity index (χ4v) is 5.02. The van der Waals surface area contributed by atoms with Gasteiger partial charge in [-0.3, -0.25) is 9.59 Å². The molecule has 0 amide bonds. The summed E-state index contributed by atoms with van der Waals surface area (Å²) < 4.78 is 17.1. The molecule has 0 saturated carbocycles. The number of allylic oxidation sites excluding steroid dienone is 10. The van der Waals surface area contributed by atoms with E-state index < -0.39 is 18.1 Å². The maximum atomic E-state index is 12.6. The zero-order chi connectivity index (χ0) is 36.4. The lowest BCUT2D eigenvalue weighted by Crippen LogP contribution is -2.50. The van der Waals surface area contributed by atoms with Gasteiger partial charge in [-0.1, -0.05) is 100 Å². The number of esters is 2. The lowest BCUT2D eigenvalue weighted by molar-refractivity contribution is -0.887. The maximum Gasteiger partial charge on any atom is 0.362 e. The minimum atomic E-state index is -0.886. The number of likely N-dealkylation sites (N-methyl/N-ethyl adjacent to an activating group) is 1. The second-order valence-electron chi connectivity index (χ2n) is 13.4. The molecule has 0 rings (SSSR count). The molecule has 0 aromatic carbocycles. The number of carboxylic acid groups (broad SMARTS) is 1. The molecule has 8 nitrogen and oxygen atoms in total. The number of nitrogens with zero attached hydrogens (tertiary/aromatic N) is 1. The summed E-state index contributed by atoms with van der Waals surface area (Å²) in [6.45, 7) is 4.42. The average molecular weight is 689 g/mol. The number of quaternary nitrogens is 1. The number of hydrogen-bond acceptors (Lipinski definition) is 6. The van der Waals surface area contributed by atoms with Crippen LogP contribution < -0.4 is 0 Å². The number of carboxylic acids is 1. The van der Waals surface area contributed by atoms with E-state index >= 15 is 0 Å². The minimum Gasteiger partial charge on any atom is -0.477 e. The lowest BCUT2D eigenvalue weighted by atomic mass is 10.1. The van der Waals surface area contributed by atoms with Gasteiger partial charge in [0.15, 0.2) is 12.1 Å². The number of aliphatic carboxylic acids is 1. The number of unbranched alkanes of at least 4 members (excludes halogenated alkanes) is 8. The Balaban J connectivity index is 4.43. The molecule has 0 aromatic heterocycles. The Bertz CT molecular complexity index is 990. The highest BCUT2D eigenvalue weighted by Gasteiger charge is 2.31. The molecule has 8 heteroatoms. The highest BCUT2D eigenvalue weighted by molar-refractivity contribution is 5.72. The molecule has 0 saturated heterocycles. The molecule has 0 aromatic rings. The van der Waals surface area contributed by atoms with Gasteiger partial charge in [0.25, 0.3) is 0 Å². The lowest BCUT2D eigenvalue weighted by Gasteiger charge is -2.31. The van der Waals surface area contributed by atoms with E-state index in [-0.39, 0.29) is 42.7 Å². The van der Waals surface area contributed by atoms with Gasteiger partial charge in [0, 0.05) is 19.3 Å². The van der Waals surface area contributed by atoms with Crippen LogP contribution in [0.15, 0.2) is 60.8 Å². The van der Waals surface area contributed by atoms with E-state index in [2.05, 4.69) is 74.6 Å². The van der Waals surface area contributed by atoms with Crippen LogP contribution in [-0.4, -0.2) is 80.6 Å². The van der Waals surface area contributed by atoms with Gasteiger partial charge in [0.2, 0.25) is 0 Å². The Hall–Kier alpha value is -2.97. The van der Waals surface area contributed by atoms with Crippen molar-refractivity contribution in [2.75, 3.05) is 41.0 Å². The monoisotopic (exact) mass is 689 g/mol. The molecular formula is C41H70NO7+.